The fraction of sp³-hybridized carbons (Fsp3) is 0.227. The van der Waals surface area contributed by atoms with Crippen molar-refractivity contribution in [1.82, 2.24) is 19.6 Å². The lowest BCUT2D eigenvalue weighted by molar-refractivity contribution is -0.662. The van der Waals surface area contributed by atoms with Crippen molar-refractivity contribution < 1.29 is 33.7 Å². The molecule has 3 amide bonds. The minimum atomic E-state index is -1.23. The van der Waals surface area contributed by atoms with E-state index in [9.17, 15) is 24.3 Å². The normalized spacial score (nSPS) is 19.2. The number of fused-ring (bicyclic) bond motifs is 2. The zero-order chi connectivity index (χ0) is 27.0. The van der Waals surface area contributed by atoms with E-state index in [1.165, 1.54) is 22.0 Å². The quantitative estimate of drug-likeness (QED) is 0.109. The number of nitrogens with zero attached hydrogens (tertiary/aromatic N) is 5. The first kappa shape index (κ1) is 25.2. The average molecular weight is 558 g/mol. The summed E-state index contributed by atoms with van der Waals surface area (Å²) in [5, 5.41) is 17.2. The zero-order valence-corrected chi connectivity index (χ0v) is 21.1. The smallest absolute Gasteiger partial charge is 0.352 e. The van der Waals surface area contributed by atoms with Crippen molar-refractivity contribution in [1.29, 1.82) is 0 Å². The molecule has 1 fully saturated rings. The summed E-state index contributed by atoms with van der Waals surface area (Å²) in [5.74, 6) is -3.07. The van der Waals surface area contributed by atoms with Gasteiger partial charge in [0.15, 0.2) is 17.5 Å². The summed E-state index contributed by atoms with van der Waals surface area (Å²) in [6.45, 7) is -0.294. The summed E-state index contributed by atoms with van der Waals surface area (Å²) in [6, 6.07) is 4.66. The predicted molar refractivity (Wildman–Crippen MR) is 135 cm³/mol. The molecule has 6 N–H and O–H groups in total. The number of carbonyl (C=O) groups excluding carboxylic acids is 3. The number of oxime groups is 1. The number of hydrogen-bond donors (Lipinski definition) is 4. The molecular weight excluding hydrogens is 536 g/mol. The van der Waals surface area contributed by atoms with Crippen LogP contribution in [0.3, 0.4) is 0 Å². The molecule has 0 spiro atoms. The van der Waals surface area contributed by atoms with E-state index in [1.807, 2.05) is 45.8 Å². The average Bonchev–Trinajstić information content (AvgIpc) is 3.50. The second kappa shape index (κ2) is 10.1. The van der Waals surface area contributed by atoms with Crippen molar-refractivity contribution in [2.45, 2.75) is 18.0 Å². The Morgan fingerprint density at radius 2 is 2.13 bits per heavy atom. The summed E-state index contributed by atoms with van der Waals surface area (Å²) < 4.78 is 3.80. The van der Waals surface area contributed by atoms with Gasteiger partial charge in [-0.1, -0.05) is 11.2 Å². The number of carboxylic acids is 1. The number of aromatic nitrogens is 3. The molecule has 0 saturated carbocycles. The predicted octanol–water partition coefficient (Wildman–Crippen LogP) is -1.09. The van der Waals surface area contributed by atoms with E-state index in [0.29, 0.717) is 11.3 Å². The molecule has 1 saturated heterocycles. The van der Waals surface area contributed by atoms with Gasteiger partial charge in [-0.3, -0.25) is 19.3 Å². The molecule has 0 bridgehead atoms. The number of carboxylic acid groups (broad SMARTS) is 1. The summed E-state index contributed by atoms with van der Waals surface area (Å²) >= 11 is 2.40. The molecule has 16 heteroatoms. The number of nitrogen functional groups attached to an aromatic ring is 1. The molecule has 2 atom stereocenters. The Morgan fingerprint density at radius 3 is 2.84 bits per heavy atom. The second-order valence-electron chi connectivity index (χ2n) is 8.26. The second-order valence-corrected chi connectivity index (χ2v) is 10.3. The number of β-lactam (4-membered cyclic amide) rings is 1. The molecule has 0 unspecified atom stereocenters. The first-order valence-electron chi connectivity index (χ1n) is 11.1. The summed E-state index contributed by atoms with van der Waals surface area (Å²) in [6.07, 6.45) is 5.58. The number of nitrogens with one attached hydrogen (secondary N) is 1. The SMILES string of the molecule is NC(=O)CO/N=C(/C(=O)N[C@@H]1C(=O)N2C(C(=O)O)=C(C[n+]3ccn4ccccc43)CS[C@H]12)c1csc(N)n1. The van der Waals surface area contributed by atoms with Crippen molar-refractivity contribution in [2.24, 2.45) is 10.9 Å². The van der Waals surface area contributed by atoms with Gasteiger partial charge in [0, 0.05) is 22.8 Å². The fourth-order valence-electron chi connectivity index (χ4n) is 4.16. The monoisotopic (exact) mass is 557 g/mol. The number of thiazole rings is 1. The first-order valence-corrected chi connectivity index (χ1v) is 13.0. The highest BCUT2D eigenvalue weighted by Crippen LogP contribution is 2.40. The zero-order valence-electron chi connectivity index (χ0n) is 19.5. The molecule has 196 valence electrons. The van der Waals surface area contributed by atoms with Gasteiger partial charge in [0.05, 0.1) is 6.20 Å². The van der Waals surface area contributed by atoms with Gasteiger partial charge in [-0.05, 0) is 6.07 Å². The molecule has 3 aromatic heterocycles. The van der Waals surface area contributed by atoms with Gasteiger partial charge < -0.3 is 26.7 Å². The Hall–Kier alpha value is -4.44. The Morgan fingerprint density at radius 1 is 1.32 bits per heavy atom. The van der Waals surface area contributed by atoms with Crippen LogP contribution in [0.5, 0.6) is 0 Å². The third kappa shape index (κ3) is 4.66. The van der Waals surface area contributed by atoms with Gasteiger partial charge in [0.1, 0.15) is 41.7 Å². The third-order valence-corrected chi connectivity index (χ3v) is 7.82. The molecule has 0 radical (unpaired) electrons. The van der Waals surface area contributed by atoms with E-state index >= 15 is 0 Å². The number of amides is 3. The lowest BCUT2D eigenvalue weighted by atomic mass is 10.0. The van der Waals surface area contributed by atoms with Crippen LogP contribution in [0.4, 0.5) is 5.13 Å². The number of pyridine rings is 1. The topological polar surface area (TPSA) is 199 Å². The Balaban J connectivity index is 1.36. The molecule has 5 rings (SSSR count). The fourth-order valence-corrected chi connectivity index (χ4v) is 6.04. The van der Waals surface area contributed by atoms with Crippen LogP contribution in [-0.4, -0.2) is 72.6 Å². The Labute approximate surface area is 222 Å². The molecule has 0 aromatic carbocycles. The maximum Gasteiger partial charge on any atom is 0.352 e. The number of hydrogen-bond acceptors (Lipinski definition) is 10. The van der Waals surface area contributed by atoms with Crippen molar-refractivity contribution in [2.75, 3.05) is 18.1 Å². The lowest BCUT2D eigenvalue weighted by Crippen LogP contribution is -2.71. The minimum absolute atomic E-state index is 0.0830. The molecule has 2 aliphatic heterocycles. The van der Waals surface area contributed by atoms with Gasteiger partial charge in [-0.2, -0.15) is 0 Å². The minimum Gasteiger partial charge on any atom is -0.477 e. The van der Waals surface area contributed by atoms with E-state index in [4.69, 9.17) is 16.3 Å². The van der Waals surface area contributed by atoms with Crippen LogP contribution in [-0.2, 0) is 30.6 Å². The number of thioether (sulfide) groups is 1. The number of anilines is 1. The van der Waals surface area contributed by atoms with Crippen LogP contribution < -0.4 is 21.4 Å². The van der Waals surface area contributed by atoms with Gasteiger partial charge in [0.25, 0.3) is 23.4 Å². The number of nitrogens with two attached hydrogens (primary N) is 2. The van der Waals surface area contributed by atoms with Crippen LogP contribution in [0.1, 0.15) is 5.69 Å². The first-order chi connectivity index (χ1) is 18.2. The third-order valence-electron chi connectivity index (χ3n) is 5.81. The number of imidazole rings is 1. The van der Waals surface area contributed by atoms with E-state index in [-0.39, 0.29) is 28.8 Å². The van der Waals surface area contributed by atoms with Crippen LogP contribution >= 0.6 is 23.1 Å². The van der Waals surface area contributed by atoms with Crippen LogP contribution in [0.25, 0.3) is 5.65 Å². The van der Waals surface area contributed by atoms with Crippen LogP contribution in [0.2, 0.25) is 0 Å². The van der Waals surface area contributed by atoms with Crippen molar-refractivity contribution in [3.63, 3.8) is 0 Å². The molecule has 14 nitrogen and oxygen atoms in total. The molecule has 0 aliphatic carbocycles. The van der Waals surface area contributed by atoms with Crippen LogP contribution in [0.15, 0.2) is 58.6 Å². The highest BCUT2D eigenvalue weighted by atomic mass is 32.2. The molecule has 2 aliphatic rings. The van der Waals surface area contributed by atoms with E-state index in [2.05, 4.69) is 15.5 Å². The molecule has 3 aromatic rings. The number of aliphatic carboxylic acids is 1. The van der Waals surface area contributed by atoms with Crippen LogP contribution in [0, 0.1) is 0 Å². The maximum atomic E-state index is 13.1. The van der Waals surface area contributed by atoms with Gasteiger partial charge in [-0.25, -0.2) is 18.7 Å². The highest BCUT2D eigenvalue weighted by molar-refractivity contribution is 8.00. The Kier molecular flexibility index (Phi) is 6.73. The molecule has 38 heavy (non-hydrogen) atoms. The van der Waals surface area contributed by atoms with Crippen molar-refractivity contribution in [3.8, 4) is 0 Å². The standard InChI is InChI=1S/C22H20N8O6S2/c23-13(31)8-36-27-15(12-10-38-22(24)25-12)18(32)26-16-19(33)30-17(21(34)35)11(9-37-20(16)30)7-29-6-5-28-4-2-1-3-14(28)29/h1-6,10,16,20H,7-9H2,(H5-,23,24,25,26,31,32,34,35)/p+1/b27-15+/t16-,20-/m1/s1. The van der Waals surface area contributed by atoms with E-state index < -0.39 is 41.7 Å². The van der Waals surface area contributed by atoms with E-state index in [0.717, 1.165) is 17.0 Å². The molecular formula is C22H21N8O6S2+. The van der Waals surface area contributed by atoms with Gasteiger partial charge in [0.2, 0.25) is 0 Å². The van der Waals surface area contributed by atoms with Crippen molar-refractivity contribution in [3.05, 3.63) is 59.1 Å². The number of rotatable bonds is 9. The maximum absolute atomic E-state index is 13.1. The Bertz CT molecular complexity index is 1530. The van der Waals surface area contributed by atoms with Gasteiger partial charge in [-0.15, -0.1) is 23.1 Å². The van der Waals surface area contributed by atoms with E-state index in [1.54, 1.807) is 0 Å². The number of primary amides is 1. The lowest BCUT2D eigenvalue weighted by Gasteiger charge is -2.49. The summed E-state index contributed by atoms with van der Waals surface area (Å²) in [5.41, 5.74) is 11.8. The summed E-state index contributed by atoms with van der Waals surface area (Å²) in [4.78, 5) is 59.4. The summed E-state index contributed by atoms with van der Waals surface area (Å²) in [7, 11) is 0. The largest absolute Gasteiger partial charge is 0.477 e. The highest BCUT2D eigenvalue weighted by Gasteiger charge is 2.54. The van der Waals surface area contributed by atoms with Gasteiger partial charge >= 0.3 is 5.97 Å². The van der Waals surface area contributed by atoms with Crippen molar-refractivity contribution >= 4 is 63.3 Å². The number of carbonyl (C=O) groups is 4. The molecule has 5 heterocycles.